The summed E-state index contributed by atoms with van der Waals surface area (Å²) in [5, 5.41) is 2.52. The number of aliphatic imine (C=N–C) groups is 1. The first kappa shape index (κ1) is 14.2. The SMILES string of the molecule is C#CCN=C1CSC(=O)N1.Cl.Cl. The van der Waals surface area contributed by atoms with E-state index in [1.807, 2.05) is 0 Å². The Morgan fingerprint density at radius 1 is 1.67 bits per heavy atom. The van der Waals surface area contributed by atoms with Crippen molar-refractivity contribution in [2.75, 3.05) is 12.3 Å². The molecule has 0 unspecified atom stereocenters. The van der Waals surface area contributed by atoms with Gasteiger partial charge in [0.25, 0.3) is 5.24 Å². The second-order valence-corrected chi connectivity index (χ2v) is 2.62. The van der Waals surface area contributed by atoms with Gasteiger partial charge in [-0.05, 0) is 0 Å². The van der Waals surface area contributed by atoms with E-state index in [2.05, 4.69) is 16.2 Å². The third-order valence-corrected chi connectivity index (χ3v) is 1.73. The first-order valence-electron chi connectivity index (χ1n) is 2.73. The van der Waals surface area contributed by atoms with Gasteiger partial charge in [0, 0.05) is 0 Å². The summed E-state index contributed by atoms with van der Waals surface area (Å²) in [5.74, 6) is 3.67. The molecule has 1 saturated heterocycles. The fourth-order valence-corrected chi connectivity index (χ4v) is 1.17. The van der Waals surface area contributed by atoms with Crippen molar-refractivity contribution in [3.8, 4) is 12.3 Å². The van der Waals surface area contributed by atoms with E-state index >= 15 is 0 Å². The lowest BCUT2D eigenvalue weighted by molar-refractivity contribution is 0.265. The molecule has 1 amide bonds. The van der Waals surface area contributed by atoms with Crippen LogP contribution in [0.1, 0.15) is 0 Å². The van der Waals surface area contributed by atoms with Crippen molar-refractivity contribution in [2.45, 2.75) is 0 Å². The van der Waals surface area contributed by atoms with Crippen LogP contribution in [0.25, 0.3) is 0 Å². The van der Waals surface area contributed by atoms with Crippen molar-refractivity contribution >= 4 is 47.7 Å². The molecule has 12 heavy (non-hydrogen) atoms. The van der Waals surface area contributed by atoms with Crippen LogP contribution in [0, 0.1) is 12.3 Å². The average Bonchev–Trinajstić information content (AvgIpc) is 2.31. The molecule has 68 valence electrons. The minimum absolute atomic E-state index is 0. The van der Waals surface area contributed by atoms with Crippen LogP contribution in [0.3, 0.4) is 0 Å². The van der Waals surface area contributed by atoms with Gasteiger partial charge in [0.2, 0.25) is 0 Å². The largest absolute Gasteiger partial charge is 0.304 e. The number of rotatable bonds is 1. The summed E-state index contributed by atoms with van der Waals surface area (Å²) in [6.07, 6.45) is 4.96. The normalized spacial score (nSPS) is 17.2. The topological polar surface area (TPSA) is 41.5 Å². The number of thioether (sulfide) groups is 1. The Balaban J connectivity index is 0. The van der Waals surface area contributed by atoms with Gasteiger partial charge in [0.1, 0.15) is 12.4 Å². The summed E-state index contributed by atoms with van der Waals surface area (Å²) in [5.41, 5.74) is 0. The molecular formula is C6H8Cl2N2OS. The Labute approximate surface area is 87.6 Å². The molecule has 0 saturated carbocycles. The number of amidine groups is 1. The van der Waals surface area contributed by atoms with E-state index in [9.17, 15) is 4.79 Å². The van der Waals surface area contributed by atoms with Gasteiger partial charge in [-0.1, -0.05) is 17.7 Å². The van der Waals surface area contributed by atoms with Gasteiger partial charge in [-0.15, -0.1) is 31.2 Å². The number of hydrogen-bond acceptors (Lipinski definition) is 3. The summed E-state index contributed by atoms with van der Waals surface area (Å²) < 4.78 is 0. The van der Waals surface area contributed by atoms with E-state index < -0.39 is 0 Å². The van der Waals surface area contributed by atoms with E-state index in [0.717, 1.165) is 0 Å². The molecule has 0 spiro atoms. The van der Waals surface area contributed by atoms with Gasteiger partial charge in [-0.2, -0.15) is 0 Å². The van der Waals surface area contributed by atoms with Crippen molar-refractivity contribution < 1.29 is 4.79 Å². The third kappa shape index (κ3) is 4.50. The molecule has 0 radical (unpaired) electrons. The molecule has 0 aromatic heterocycles. The molecule has 1 N–H and O–H groups in total. The first-order chi connectivity index (χ1) is 4.83. The Morgan fingerprint density at radius 3 is 2.75 bits per heavy atom. The fourth-order valence-electron chi connectivity index (χ4n) is 0.550. The molecule has 0 aromatic carbocycles. The molecule has 0 atom stereocenters. The van der Waals surface area contributed by atoms with Gasteiger partial charge in [0.05, 0.1) is 5.75 Å². The smallest absolute Gasteiger partial charge is 0.284 e. The van der Waals surface area contributed by atoms with Gasteiger partial charge >= 0.3 is 0 Å². The van der Waals surface area contributed by atoms with Gasteiger partial charge < -0.3 is 5.32 Å². The molecule has 1 aliphatic rings. The zero-order valence-electron chi connectivity index (χ0n) is 6.07. The minimum Gasteiger partial charge on any atom is -0.304 e. The lowest BCUT2D eigenvalue weighted by Crippen LogP contribution is -2.19. The molecular weight excluding hydrogens is 219 g/mol. The van der Waals surface area contributed by atoms with Crippen molar-refractivity contribution in [3.05, 3.63) is 0 Å². The number of carbonyl (C=O) groups is 1. The summed E-state index contributed by atoms with van der Waals surface area (Å²) in [7, 11) is 0. The lowest BCUT2D eigenvalue weighted by atomic mass is 10.6. The van der Waals surface area contributed by atoms with Gasteiger partial charge in [-0.25, -0.2) is 0 Å². The van der Waals surface area contributed by atoms with Crippen molar-refractivity contribution in [3.63, 3.8) is 0 Å². The second-order valence-electron chi connectivity index (χ2n) is 1.67. The molecule has 1 rings (SSSR count). The van der Waals surface area contributed by atoms with E-state index in [1.165, 1.54) is 11.8 Å². The van der Waals surface area contributed by atoms with Crippen LogP contribution in [0.4, 0.5) is 4.79 Å². The molecule has 1 fully saturated rings. The summed E-state index contributed by atoms with van der Waals surface area (Å²) >= 11 is 1.21. The summed E-state index contributed by atoms with van der Waals surface area (Å²) in [4.78, 5) is 14.5. The monoisotopic (exact) mass is 226 g/mol. The molecule has 0 aliphatic carbocycles. The summed E-state index contributed by atoms with van der Waals surface area (Å²) in [6, 6.07) is 0. The zero-order chi connectivity index (χ0) is 7.40. The predicted molar refractivity (Wildman–Crippen MR) is 56.6 cm³/mol. The van der Waals surface area contributed by atoms with Crippen molar-refractivity contribution in [2.24, 2.45) is 4.99 Å². The highest BCUT2D eigenvalue weighted by Gasteiger charge is 2.15. The van der Waals surface area contributed by atoms with Crippen LogP contribution in [-0.4, -0.2) is 23.4 Å². The highest BCUT2D eigenvalue weighted by Crippen LogP contribution is 2.08. The van der Waals surface area contributed by atoms with Crippen molar-refractivity contribution in [1.82, 2.24) is 5.32 Å². The third-order valence-electron chi connectivity index (χ3n) is 0.948. The minimum atomic E-state index is -0.0456. The Kier molecular flexibility index (Phi) is 8.61. The molecule has 6 heteroatoms. The molecule has 3 nitrogen and oxygen atoms in total. The maximum absolute atomic E-state index is 10.5. The van der Waals surface area contributed by atoms with Crippen LogP contribution in [0.2, 0.25) is 0 Å². The number of halogens is 2. The lowest BCUT2D eigenvalue weighted by Gasteiger charge is -1.89. The maximum Gasteiger partial charge on any atom is 0.284 e. The molecule has 1 aliphatic heterocycles. The fraction of sp³-hybridized carbons (Fsp3) is 0.333. The van der Waals surface area contributed by atoms with Crippen LogP contribution >= 0.6 is 36.6 Å². The quantitative estimate of drug-likeness (QED) is 0.686. The number of carbonyl (C=O) groups excluding carboxylic acids is 1. The van der Waals surface area contributed by atoms with Gasteiger partial charge in [0.15, 0.2) is 0 Å². The van der Waals surface area contributed by atoms with Crippen LogP contribution in [-0.2, 0) is 0 Å². The Bertz CT molecular complexity index is 224. The second kappa shape index (κ2) is 7.29. The van der Waals surface area contributed by atoms with E-state index in [0.29, 0.717) is 18.1 Å². The highest BCUT2D eigenvalue weighted by molar-refractivity contribution is 8.14. The molecule has 1 heterocycles. The van der Waals surface area contributed by atoms with Crippen LogP contribution < -0.4 is 5.32 Å². The summed E-state index contributed by atoms with van der Waals surface area (Å²) in [6.45, 7) is 0.343. The molecule has 0 aromatic rings. The Hall–Kier alpha value is -0.370. The van der Waals surface area contributed by atoms with Crippen LogP contribution in [0.15, 0.2) is 4.99 Å². The van der Waals surface area contributed by atoms with E-state index in [4.69, 9.17) is 6.42 Å². The number of nitrogens with one attached hydrogen (secondary N) is 1. The van der Waals surface area contributed by atoms with E-state index in [-0.39, 0.29) is 30.1 Å². The van der Waals surface area contributed by atoms with Crippen molar-refractivity contribution in [1.29, 1.82) is 0 Å². The van der Waals surface area contributed by atoms with Crippen LogP contribution in [0.5, 0.6) is 0 Å². The first-order valence-corrected chi connectivity index (χ1v) is 3.72. The zero-order valence-corrected chi connectivity index (χ0v) is 8.52. The maximum atomic E-state index is 10.5. The number of amides is 1. The number of hydrogen-bond donors (Lipinski definition) is 1. The Morgan fingerprint density at radius 2 is 2.33 bits per heavy atom. The number of terminal acetylenes is 1. The van der Waals surface area contributed by atoms with E-state index in [1.54, 1.807) is 0 Å². The molecule has 0 bridgehead atoms. The standard InChI is InChI=1S/C6H6N2OS.2ClH/c1-2-3-7-5-4-10-6(9)8-5;;/h1H,3-4H2,(H,7,8,9);2*1H. The number of nitrogens with zero attached hydrogens (tertiary/aromatic N) is 1. The average molecular weight is 227 g/mol. The predicted octanol–water partition coefficient (Wildman–Crippen LogP) is 1.32. The van der Waals surface area contributed by atoms with Gasteiger partial charge in [-0.3, -0.25) is 9.79 Å². The highest BCUT2D eigenvalue weighted by atomic mass is 35.5.